The number of methoxy groups -OCH3 is 1. The molecule has 1 aliphatic rings. The van der Waals surface area contributed by atoms with Gasteiger partial charge in [0.05, 0.1) is 13.2 Å². The first-order chi connectivity index (χ1) is 10.0. The van der Waals surface area contributed by atoms with Crippen molar-refractivity contribution in [3.8, 4) is 5.75 Å². The molecule has 21 heavy (non-hydrogen) atoms. The van der Waals surface area contributed by atoms with Crippen molar-refractivity contribution in [3.05, 3.63) is 29.3 Å². The third kappa shape index (κ3) is 4.19. The first kappa shape index (κ1) is 16.3. The summed E-state index contributed by atoms with van der Waals surface area (Å²) in [6.07, 6.45) is 1.94. The van der Waals surface area contributed by atoms with Gasteiger partial charge in [-0.3, -0.25) is 4.90 Å². The minimum atomic E-state index is -0.498. The Balaban J connectivity index is 2.07. The summed E-state index contributed by atoms with van der Waals surface area (Å²) in [7, 11) is 5.87. The molecule has 1 aromatic carbocycles. The molecule has 1 aliphatic heterocycles. The average molecular weight is 292 g/mol. The van der Waals surface area contributed by atoms with Crippen molar-refractivity contribution in [1.82, 2.24) is 9.80 Å². The van der Waals surface area contributed by atoms with Crippen LogP contribution < -0.4 is 4.74 Å². The summed E-state index contributed by atoms with van der Waals surface area (Å²) in [6, 6.07) is 6.53. The summed E-state index contributed by atoms with van der Waals surface area (Å²) in [5, 5.41) is 10.6. The molecular weight excluding hydrogens is 264 g/mol. The van der Waals surface area contributed by atoms with Gasteiger partial charge in [0.2, 0.25) is 0 Å². The number of nitrogens with zero attached hydrogens (tertiary/aromatic N) is 2. The lowest BCUT2D eigenvalue weighted by Gasteiger charge is -2.29. The number of likely N-dealkylation sites (tertiary alicyclic amines) is 1. The number of β-amino-alcohol motifs (C(OH)–C–C–N with tert-alkyl or cyclic N) is 1. The van der Waals surface area contributed by atoms with Crippen LogP contribution in [0.5, 0.6) is 5.75 Å². The van der Waals surface area contributed by atoms with Crippen LogP contribution in [0.15, 0.2) is 18.2 Å². The van der Waals surface area contributed by atoms with Crippen molar-refractivity contribution in [3.63, 3.8) is 0 Å². The summed E-state index contributed by atoms with van der Waals surface area (Å²) in [5.41, 5.74) is 2.05. The number of hydrogen-bond acceptors (Lipinski definition) is 4. The lowest BCUT2D eigenvalue weighted by molar-refractivity contribution is 0.0961. The van der Waals surface area contributed by atoms with Crippen LogP contribution in [0.2, 0.25) is 0 Å². The Morgan fingerprint density at radius 2 is 2.19 bits per heavy atom. The summed E-state index contributed by atoms with van der Waals surface area (Å²) < 4.78 is 5.39. The van der Waals surface area contributed by atoms with Crippen LogP contribution in [0.4, 0.5) is 0 Å². The Morgan fingerprint density at radius 1 is 1.43 bits per heavy atom. The Hall–Kier alpha value is -1.10. The number of benzene rings is 1. The van der Waals surface area contributed by atoms with Crippen molar-refractivity contribution in [2.45, 2.75) is 31.9 Å². The van der Waals surface area contributed by atoms with Crippen molar-refractivity contribution >= 4 is 0 Å². The fraction of sp³-hybridized carbons (Fsp3) is 0.647. The van der Waals surface area contributed by atoms with E-state index in [1.807, 2.05) is 25.1 Å². The molecule has 1 N–H and O–H groups in total. The van der Waals surface area contributed by atoms with Gasteiger partial charge in [-0.25, -0.2) is 0 Å². The maximum Gasteiger partial charge on any atom is 0.124 e. The molecule has 0 saturated carbocycles. The number of aryl methyl sites for hydroxylation is 1. The number of ether oxygens (including phenoxy) is 1. The quantitative estimate of drug-likeness (QED) is 0.870. The predicted octanol–water partition coefficient (Wildman–Crippen LogP) is 2.06. The van der Waals surface area contributed by atoms with E-state index in [0.29, 0.717) is 12.6 Å². The van der Waals surface area contributed by atoms with Gasteiger partial charge in [0, 0.05) is 24.7 Å². The zero-order valence-corrected chi connectivity index (χ0v) is 13.7. The van der Waals surface area contributed by atoms with E-state index in [2.05, 4.69) is 23.9 Å². The molecule has 0 bridgehead atoms. The molecule has 1 saturated heterocycles. The van der Waals surface area contributed by atoms with Crippen LogP contribution in [-0.4, -0.2) is 61.8 Å². The van der Waals surface area contributed by atoms with E-state index in [1.54, 1.807) is 7.11 Å². The molecule has 2 unspecified atom stereocenters. The Kier molecular flexibility index (Phi) is 5.62. The number of aliphatic hydroxyl groups is 1. The highest BCUT2D eigenvalue weighted by molar-refractivity contribution is 5.38. The number of aliphatic hydroxyl groups excluding tert-OH is 1. The largest absolute Gasteiger partial charge is 0.496 e. The molecule has 4 nitrogen and oxygen atoms in total. The Morgan fingerprint density at radius 3 is 2.86 bits per heavy atom. The van der Waals surface area contributed by atoms with Gasteiger partial charge in [-0.2, -0.15) is 0 Å². The maximum absolute atomic E-state index is 10.6. The van der Waals surface area contributed by atoms with Gasteiger partial charge in [-0.1, -0.05) is 11.6 Å². The molecule has 0 spiro atoms. The summed E-state index contributed by atoms with van der Waals surface area (Å²) in [5.74, 6) is 0.774. The van der Waals surface area contributed by atoms with E-state index in [1.165, 1.54) is 12.8 Å². The number of rotatable bonds is 6. The molecule has 0 amide bonds. The van der Waals surface area contributed by atoms with E-state index < -0.39 is 6.10 Å². The van der Waals surface area contributed by atoms with E-state index in [9.17, 15) is 5.11 Å². The fourth-order valence-corrected chi connectivity index (χ4v) is 3.20. The second kappa shape index (κ2) is 7.25. The van der Waals surface area contributed by atoms with Gasteiger partial charge < -0.3 is 14.7 Å². The summed E-state index contributed by atoms with van der Waals surface area (Å²) in [6.45, 7) is 4.85. The van der Waals surface area contributed by atoms with Gasteiger partial charge in [-0.05, 0) is 52.5 Å². The predicted molar refractivity (Wildman–Crippen MR) is 85.8 cm³/mol. The van der Waals surface area contributed by atoms with Crippen molar-refractivity contribution in [2.24, 2.45) is 0 Å². The van der Waals surface area contributed by atoms with Gasteiger partial charge in [-0.15, -0.1) is 0 Å². The fourth-order valence-electron chi connectivity index (χ4n) is 3.20. The smallest absolute Gasteiger partial charge is 0.124 e. The lowest BCUT2D eigenvalue weighted by Crippen LogP contribution is -2.39. The molecular formula is C17H28N2O2. The monoisotopic (exact) mass is 292 g/mol. The molecule has 2 atom stereocenters. The molecule has 118 valence electrons. The topological polar surface area (TPSA) is 35.9 Å². The highest BCUT2D eigenvalue weighted by Crippen LogP contribution is 2.29. The van der Waals surface area contributed by atoms with Gasteiger partial charge in [0.1, 0.15) is 5.75 Å². The maximum atomic E-state index is 10.6. The minimum Gasteiger partial charge on any atom is -0.496 e. The van der Waals surface area contributed by atoms with Crippen LogP contribution in [0, 0.1) is 6.92 Å². The summed E-state index contributed by atoms with van der Waals surface area (Å²) in [4.78, 5) is 4.63. The molecule has 2 rings (SSSR count). The van der Waals surface area contributed by atoms with Crippen LogP contribution in [0.1, 0.15) is 30.1 Å². The molecule has 4 heteroatoms. The Bertz CT molecular complexity index is 462. The van der Waals surface area contributed by atoms with Crippen LogP contribution >= 0.6 is 0 Å². The molecule has 0 radical (unpaired) electrons. The van der Waals surface area contributed by atoms with Crippen LogP contribution in [0.3, 0.4) is 0 Å². The van der Waals surface area contributed by atoms with Crippen LogP contribution in [-0.2, 0) is 0 Å². The first-order valence-electron chi connectivity index (χ1n) is 7.72. The first-order valence-corrected chi connectivity index (χ1v) is 7.72. The molecule has 0 aliphatic carbocycles. The summed E-state index contributed by atoms with van der Waals surface area (Å²) >= 11 is 0. The van der Waals surface area contributed by atoms with Gasteiger partial charge >= 0.3 is 0 Å². The van der Waals surface area contributed by atoms with E-state index >= 15 is 0 Å². The number of likely N-dealkylation sites (N-methyl/N-ethyl adjacent to an activating group) is 1. The highest BCUT2D eigenvalue weighted by atomic mass is 16.5. The van der Waals surface area contributed by atoms with Gasteiger partial charge in [0.15, 0.2) is 0 Å². The average Bonchev–Trinajstić information content (AvgIpc) is 2.85. The van der Waals surface area contributed by atoms with Crippen LogP contribution in [0.25, 0.3) is 0 Å². The molecule has 1 heterocycles. The molecule has 1 aromatic rings. The Labute approximate surface area is 128 Å². The molecule has 1 fully saturated rings. The third-order valence-electron chi connectivity index (χ3n) is 4.23. The number of hydrogen-bond donors (Lipinski definition) is 1. The van der Waals surface area contributed by atoms with Gasteiger partial charge in [0.25, 0.3) is 0 Å². The zero-order chi connectivity index (χ0) is 15.4. The van der Waals surface area contributed by atoms with E-state index in [0.717, 1.165) is 30.0 Å². The normalized spacial score (nSPS) is 21.0. The van der Waals surface area contributed by atoms with Crippen molar-refractivity contribution in [1.29, 1.82) is 0 Å². The SMILES string of the molecule is COc1ccc(C)cc1C(O)CN1CCCC1CN(C)C. The zero-order valence-electron chi connectivity index (χ0n) is 13.7. The van der Waals surface area contributed by atoms with Crippen molar-refractivity contribution < 1.29 is 9.84 Å². The van der Waals surface area contributed by atoms with E-state index in [-0.39, 0.29) is 0 Å². The lowest BCUT2D eigenvalue weighted by atomic mass is 10.0. The van der Waals surface area contributed by atoms with Crippen molar-refractivity contribution in [2.75, 3.05) is 40.8 Å². The highest BCUT2D eigenvalue weighted by Gasteiger charge is 2.27. The minimum absolute atomic E-state index is 0.498. The third-order valence-corrected chi connectivity index (χ3v) is 4.23. The molecule has 0 aromatic heterocycles. The standard InChI is InChI=1S/C17H28N2O2/c1-13-7-8-17(21-4)15(10-13)16(20)12-19-9-5-6-14(19)11-18(2)3/h7-8,10,14,16,20H,5-6,9,11-12H2,1-4H3. The van der Waals surface area contributed by atoms with E-state index in [4.69, 9.17) is 4.74 Å². The second-order valence-corrected chi connectivity index (χ2v) is 6.31. The second-order valence-electron chi connectivity index (χ2n) is 6.31.